The van der Waals surface area contributed by atoms with Crippen LogP contribution < -0.4 is 10.1 Å². The van der Waals surface area contributed by atoms with Gasteiger partial charge in [-0.15, -0.1) is 0 Å². The number of fused-ring (bicyclic) bond motifs is 1. The van der Waals surface area contributed by atoms with E-state index in [-0.39, 0.29) is 17.5 Å². The molecule has 0 saturated heterocycles. The Balaban J connectivity index is 2.45. The zero-order valence-electron chi connectivity index (χ0n) is 8.93. The SMILES string of the molecule is CC1(C)COc2cc(Cl)c(F)cc2NC1=O. The first-order chi connectivity index (χ1) is 7.40. The number of halogens is 2. The minimum absolute atomic E-state index is 0.0206. The van der Waals surface area contributed by atoms with Crippen LogP contribution >= 0.6 is 11.6 Å². The Kier molecular flexibility index (Phi) is 2.54. The first kappa shape index (κ1) is 11.2. The van der Waals surface area contributed by atoms with Gasteiger partial charge in [0.25, 0.3) is 0 Å². The highest BCUT2D eigenvalue weighted by atomic mass is 35.5. The van der Waals surface area contributed by atoms with Crippen molar-refractivity contribution < 1.29 is 13.9 Å². The molecule has 0 spiro atoms. The second kappa shape index (κ2) is 3.63. The van der Waals surface area contributed by atoms with Crippen LogP contribution in [0.1, 0.15) is 13.8 Å². The highest BCUT2D eigenvalue weighted by Crippen LogP contribution is 2.35. The third kappa shape index (κ3) is 1.85. The molecule has 0 fully saturated rings. The molecular formula is C11H11ClFNO2. The van der Waals surface area contributed by atoms with Crippen LogP contribution in [0.25, 0.3) is 0 Å². The van der Waals surface area contributed by atoms with E-state index in [1.807, 2.05) is 0 Å². The molecule has 1 amide bonds. The van der Waals surface area contributed by atoms with Crippen molar-refractivity contribution in [1.29, 1.82) is 0 Å². The molecule has 0 atom stereocenters. The zero-order chi connectivity index (χ0) is 11.9. The van der Waals surface area contributed by atoms with E-state index in [4.69, 9.17) is 16.3 Å². The van der Waals surface area contributed by atoms with E-state index in [1.165, 1.54) is 6.07 Å². The topological polar surface area (TPSA) is 38.3 Å². The highest BCUT2D eigenvalue weighted by Gasteiger charge is 2.32. The Labute approximate surface area is 97.5 Å². The predicted octanol–water partition coefficient (Wildman–Crippen LogP) is 2.84. The molecule has 1 heterocycles. The largest absolute Gasteiger partial charge is 0.490 e. The lowest BCUT2D eigenvalue weighted by Gasteiger charge is -2.18. The molecule has 1 aliphatic heterocycles. The van der Waals surface area contributed by atoms with E-state index in [0.29, 0.717) is 11.4 Å². The van der Waals surface area contributed by atoms with Gasteiger partial charge in [0.05, 0.1) is 16.1 Å². The second-order valence-corrected chi connectivity index (χ2v) is 4.80. The number of carbonyl (C=O) groups is 1. The summed E-state index contributed by atoms with van der Waals surface area (Å²) in [4.78, 5) is 11.7. The van der Waals surface area contributed by atoms with E-state index < -0.39 is 11.2 Å². The van der Waals surface area contributed by atoms with Crippen molar-refractivity contribution in [3.63, 3.8) is 0 Å². The van der Waals surface area contributed by atoms with Gasteiger partial charge < -0.3 is 10.1 Å². The molecule has 0 unspecified atom stereocenters. The van der Waals surface area contributed by atoms with Gasteiger partial charge in [0.2, 0.25) is 5.91 Å². The second-order valence-electron chi connectivity index (χ2n) is 4.39. The van der Waals surface area contributed by atoms with Crippen LogP contribution in [0, 0.1) is 11.2 Å². The van der Waals surface area contributed by atoms with Gasteiger partial charge in [0.1, 0.15) is 18.2 Å². The summed E-state index contributed by atoms with van der Waals surface area (Å²) in [5.74, 6) is -0.387. The molecule has 1 N–H and O–H groups in total. The Morgan fingerprint density at radius 2 is 2.19 bits per heavy atom. The Hall–Kier alpha value is -1.29. The molecule has 1 aromatic carbocycles. The lowest BCUT2D eigenvalue weighted by molar-refractivity contribution is -0.124. The Morgan fingerprint density at radius 3 is 2.88 bits per heavy atom. The fraction of sp³-hybridized carbons (Fsp3) is 0.364. The number of carbonyl (C=O) groups excluding carboxylic acids is 1. The molecular weight excluding hydrogens is 233 g/mol. The van der Waals surface area contributed by atoms with Crippen molar-refractivity contribution >= 4 is 23.2 Å². The maximum Gasteiger partial charge on any atom is 0.233 e. The van der Waals surface area contributed by atoms with E-state index >= 15 is 0 Å². The fourth-order valence-corrected chi connectivity index (χ4v) is 1.51. The number of benzene rings is 1. The van der Waals surface area contributed by atoms with Gasteiger partial charge in [0, 0.05) is 12.1 Å². The fourth-order valence-electron chi connectivity index (χ4n) is 1.36. The van der Waals surface area contributed by atoms with Gasteiger partial charge in [0.15, 0.2) is 0 Å². The van der Waals surface area contributed by atoms with E-state index in [9.17, 15) is 9.18 Å². The summed E-state index contributed by atoms with van der Waals surface area (Å²) in [5.41, 5.74) is -0.334. The minimum Gasteiger partial charge on any atom is -0.490 e. The summed E-state index contributed by atoms with van der Waals surface area (Å²) in [7, 11) is 0. The quantitative estimate of drug-likeness (QED) is 0.761. The Bertz CT molecular complexity index is 460. The predicted molar refractivity (Wildman–Crippen MR) is 59.3 cm³/mol. The number of nitrogens with one attached hydrogen (secondary N) is 1. The van der Waals surface area contributed by atoms with Crippen LogP contribution in [0.5, 0.6) is 5.75 Å². The van der Waals surface area contributed by atoms with E-state index in [1.54, 1.807) is 13.8 Å². The standard InChI is InChI=1S/C11H11ClFNO2/c1-11(2)5-16-9-3-6(12)7(13)4-8(9)14-10(11)15/h3-4H,5H2,1-2H3,(H,14,15). The number of rotatable bonds is 0. The van der Waals surface area contributed by atoms with Crippen LogP contribution in [-0.4, -0.2) is 12.5 Å². The molecule has 16 heavy (non-hydrogen) atoms. The first-order valence-corrected chi connectivity index (χ1v) is 5.21. The van der Waals surface area contributed by atoms with Crippen molar-refractivity contribution in [2.45, 2.75) is 13.8 Å². The molecule has 0 aromatic heterocycles. The monoisotopic (exact) mass is 243 g/mol. The summed E-state index contributed by atoms with van der Waals surface area (Å²) in [6.45, 7) is 3.74. The summed E-state index contributed by atoms with van der Waals surface area (Å²) in [6.07, 6.45) is 0. The average Bonchev–Trinajstić information content (AvgIpc) is 2.29. The molecule has 3 nitrogen and oxygen atoms in total. The van der Waals surface area contributed by atoms with Crippen molar-refractivity contribution in [1.82, 2.24) is 0 Å². The molecule has 86 valence electrons. The molecule has 0 saturated carbocycles. The molecule has 1 aliphatic rings. The molecule has 5 heteroatoms. The van der Waals surface area contributed by atoms with Gasteiger partial charge in [-0.3, -0.25) is 4.79 Å². The van der Waals surface area contributed by atoms with Crippen LogP contribution in [0.4, 0.5) is 10.1 Å². The summed E-state index contributed by atoms with van der Waals surface area (Å²) < 4.78 is 18.7. The normalized spacial score (nSPS) is 18.1. The van der Waals surface area contributed by atoms with Crippen LogP contribution in [0.15, 0.2) is 12.1 Å². The number of ether oxygens (including phenoxy) is 1. The third-order valence-electron chi connectivity index (χ3n) is 2.47. The van der Waals surface area contributed by atoms with Crippen molar-refractivity contribution in [2.24, 2.45) is 5.41 Å². The van der Waals surface area contributed by atoms with Crippen LogP contribution in [0.3, 0.4) is 0 Å². The van der Waals surface area contributed by atoms with Gasteiger partial charge >= 0.3 is 0 Å². The van der Waals surface area contributed by atoms with Gasteiger partial charge in [-0.25, -0.2) is 4.39 Å². The molecule has 2 rings (SSSR count). The molecule has 1 aromatic rings. The van der Waals surface area contributed by atoms with Crippen LogP contribution in [-0.2, 0) is 4.79 Å². The first-order valence-electron chi connectivity index (χ1n) is 4.83. The molecule has 0 aliphatic carbocycles. The molecule has 0 bridgehead atoms. The van der Waals surface area contributed by atoms with E-state index in [2.05, 4.69) is 5.32 Å². The van der Waals surface area contributed by atoms with Crippen LogP contribution in [0.2, 0.25) is 5.02 Å². The maximum absolute atomic E-state index is 13.2. The number of anilines is 1. The van der Waals surface area contributed by atoms with Crippen molar-refractivity contribution in [3.8, 4) is 5.75 Å². The number of hydrogen-bond donors (Lipinski definition) is 1. The molecule has 0 radical (unpaired) electrons. The smallest absolute Gasteiger partial charge is 0.233 e. The highest BCUT2D eigenvalue weighted by molar-refractivity contribution is 6.31. The third-order valence-corrected chi connectivity index (χ3v) is 2.76. The zero-order valence-corrected chi connectivity index (χ0v) is 9.69. The lowest BCUT2D eigenvalue weighted by atomic mass is 9.94. The van der Waals surface area contributed by atoms with Gasteiger partial charge in [-0.1, -0.05) is 11.6 Å². The Morgan fingerprint density at radius 1 is 1.50 bits per heavy atom. The lowest BCUT2D eigenvalue weighted by Crippen LogP contribution is -2.33. The van der Waals surface area contributed by atoms with Gasteiger partial charge in [-0.2, -0.15) is 0 Å². The van der Waals surface area contributed by atoms with Gasteiger partial charge in [-0.05, 0) is 13.8 Å². The van der Waals surface area contributed by atoms with Crippen molar-refractivity contribution in [2.75, 3.05) is 11.9 Å². The van der Waals surface area contributed by atoms with Crippen molar-refractivity contribution in [3.05, 3.63) is 23.0 Å². The summed E-state index contributed by atoms with van der Waals surface area (Å²) >= 11 is 5.64. The summed E-state index contributed by atoms with van der Waals surface area (Å²) in [5, 5.41) is 2.60. The maximum atomic E-state index is 13.2. The van der Waals surface area contributed by atoms with E-state index in [0.717, 1.165) is 6.07 Å². The number of hydrogen-bond acceptors (Lipinski definition) is 2. The average molecular weight is 244 g/mol. The summed E-state index contributed by atoms with van der Waals surface area (Å²) in [6, 6.07) is 2.53. The minimum atomic E-state index is -0.651. The number of amides is 1.